The Kier molecular flexibility index (Phi) is 65.9. The lowest BCUT2D eigenvalue weighted by Crippen LogP contribution is -2.30. The number of carbonyl (C=O) groups is 4. The second-order valence-corrected chi connectivity index (χ2v) is 29.8. The van der Waals surface area contributed by atoms with Crippen molar-refractivity contribution in [2.24, 2.45) is 5.92 Å². The fourth-order valence-electron chi connectivity index (χ4n) is 11.3. The van der Waals surface area contributed by atoms with Gasteiger partial charge < -0.3 is 33.8 Å². The van der Waals surface area contributed by atoms with Crippen LogP contribution in [0.1, 0.15) is 388 Å². The number of carbonyl (C=O) groups excluding carboxylic acids is 4. The Balaban J connectivity index is 5.10. The fraction of sp³-hybridized carbons (Fsp3) is 0.946. The molecule has 552 valence electrons. The third-order valence-corrected chi connectivity index (χ3v) is 19.5. The van der Waals surface area contributed by atoms with Crippen molar-refractivity contribution in [1.82, 2.24) is 0 Å². The summed E-state index contributed by atoms with van der Waals surface area (Å²) in [5, 5.41) is 10.6. The van der Waals surface area contributed by atoms with Crippen LogP contribution < -0.4 is 0 Å². The van der Waals surface area contributed by atoms with E-state index in [0.29, 0.717) is 25.7 Å². The maximum Gasteiger partial charge on any atom is 0.472 e. The number of phosphoric acid groups is 2. The van der Waals surface area contributed by atoms with E-state index in [9.17, 15) is 43.2 Å². The molecular weight excluding hydrogens is 1220 g/mol. The van der Waals surface area contributed by atoms with Crippen LogP contribution in [0, 0.1) is 5.92 Å². The summed E-state index contributed by atoms with van der Waals surface area (Å²) in [6.45, 7) is 7.18. The number of hydrogen-bond acceptors (Lipinski definition) is 15. The van der Waals surface area contributed by atoms with Gasteiger partial charge in [0.15, 0.2) is 12.2 Å². The van der Waals surface area contributed by atoms with Crippen LogP contribution in [0.2, 0.25) is 0 Å². The third-order valence-electron chi connectivity index (χ3n) is 17.6. The Labute approximate surface area is 568 Å². The largest absolute Gasteiger partial charge is 0.472 e. The number of aliphatic hydroxyl groups is 1. The van der Waals surface area contributed by atoms with E-state index in [0.717, 1.165) is 102 Å². The molecule has 0 saturated heterocycles. The van der Waals surface area contributed by atoms with Gasteiger partial charge in [-0.2, -0.15) is 0 Å². The molecule has 17 nitrogen and oxygen atoms in total. The van der Waals surface area contributed by atoms with E-state index in [4.69, 9.17) is 37.0 Å². The van der Waals surface area contributed by atoms with Crippen molar-refractivity contribution >= 4 is 39.5 Å². The Morgan fingerprint density at radius 3 is 0.763 bits per heavy atom. The van der Waals surface area contributed by atoms with Crippen LogP contribution in [0.3, 0.4) is 0 Å². The SMILES string of the molecule is CCCCCCCCCCCCCCCCCCCCCCCCC(=O)O[C@H](COC(=O)CCCCCCCCCCCCCCCC)COP(=O)(O)OC[C@@H](O)COP(=O)(O)OC[C@@H](COC(=O)CCCCCCC)OC(=O)CCCCCCCCCCC(C)CC. The molecule has 0 aliphatic carbocycles. The first-order chi connectivity index (χ1) is 45.1. The first-order valence-electron chi connectivity index (χ1n) is 38.7. The van der Waals surface area contributed by atoms with Crippen molar-refractivity contribution in [3.05, 3.63) is 0 Å². The first-order valence-corrected chi connectivity index (χ1v) is 41.7. The highest BCUT2D eigenvalue weighted by atomic mass is 31.2. The van der Waals surface area contributed by atoms with Crippen molar-refractivity contribution in [1.29, 1.82) is 0 Å². The van der Waals surface area contributed by atoms with E-state index >= 15 is 0 Å². The zero-order valence-electron chi connectivity index (χ0n) is 60.4. The first kappa shape index (κ1) is 91.1. The van der Waals surface area contributed by atoms with Crippen LogP contribution in [-0.2, 0) is 65.4 Å². The van der Waals surface area contributed by atoms with Gasteiger partial charge in [-0.3, -0.25) is 37.3 Å². The fourth-order valence-corrected chi connectivity index (χ4v) is 12.9. The molecule has 0 aliphatic heterocycles. The summed E-state index contributed by atoms with van der Waals surface area (Å²) in [4.78, 5) is 72.4. The molecule has 0 amide bonds. The van der Waals surface area contributed by atoms with Crippen molar-refractivity contribution < 1.29 is 80.2 Å². The summed E-state index contributed by atoms with van der Waals surface area (Å²) in [5.74, 6) is -1.36. The highest BCUT2D eigenvalue weighted by molar-refractivity contribution is 7.47. The minimum atomic E-state index is -4.95. The molecule has 6 atom stereocenters. The van der Waals surface area contributed by atoms with Gasteiger partial charge in [-0.15, -0.1) is 0 Å². The molecule has 3 unspecified atom stereocenters. The molecule has 0 aromatic heterocycles. The van der Waals surface area contributed by atoms with Gasteiger partial charge >= 0.3 is 39.5 Å². The number of hydrogen-bond donors (Lipinski definition) is 3. The van der Waals surface area contributed by atoms with Gasteiger partial charge in [-0.1, -0.05) is 336 Å². The topological polar surface area (TPSA) is 237 Å². The minimum Gasteiger partial charge on any atom is -0.462 e. The molecule has 0 saturated carbocycles. The predicted octanol–water partition coefficient (Wildman–Crippen LogP) is 21.7. The van der Waals surface area contributed by atoms with E-state index in [1.54, 1.807) is 0 Å². The van der Waals surface area contributed by atoms with Gasteiger partial charge in [0.2, 0.25) is 0 Å². The molecule has 0 fully saturated rings. The maximum atomic E-state index is 13.1. The van der Waals surface area contributed by atoms with E-state index in [2.05, 4.69) is 34.6 Å². The molecule has 0 aromatic rings. The van der Waals surface area contributed by atoms with Gasteiger partial charge in [-0.05, 0) is 31.6 Å². The van der Waals surface area contributed by atoms with Crippen molar-refractivity contribution in [3.8, 4) is 0 Å². The molecule has 3 N–H and O–H groups in total. The molecule has 0 aliphatic rings. The summed E-state index contributed by atoms with van der Waals surface area (Å²) in [6, 6.07) is 0. The van der Waals surface area contributed by atoms with E-state index in [-0.39, 0.29) is 25.7 Å². The molecule has 0 aromatic carbocycles. The van der Waals surface area contributed by atoms with Crippen LogP contribution in [0.5, 0.6) is 0 Å². The highest BCUT2D eigenvalue weighted by Gasteiger charge is 2.30. The Hall–Kier alpha value is -1.94. The zero-order chi connectivity index (χ0) is 68.4. The van der Waals surface area contributed by atoms with Crippen molar-refractivity contribution in [2.75, 3.05) is 39.6 Å². The van der Waals surface area contributed by atoms with E-state index in [1.165, 1.54) is 205 Å². The molecule has 0 radical (unpaired) electrons. The van der Waals surface area contributed by atoms with Gasteiger partial charge in [0.05, 0.1) is 26.4 Å². The summed E-state index contributed by atoms with van der Waals surface area (Å²) in [5.41, 5.74) is 0. The predicted molar refractivity (Wildman–Crippen MR) is 377 cm³/mol. The average molecular weight is 1370 g/mol. The normalized spacial score (nSPS) is 14.3. The van der Waals surface area contributed by atoms with Gasteiger partial charge in [0, 0.05) is 25.7 Å². The second kappa shape index (κ2) is 67.3. The Morgan fingerprint density at radius 2 is 0.516 bits per heavy atom. The molecule has 0 rings (SSSR count). The Bertz CT molecular complexity index is 1790. The molecule has 0 bridgehead atoms. The van der Waals surface area contributed by atoms with E-state index < -0.39 is 97.5 Å². The monoisotopic (exact) mass is 1370 g/mol. The Morgan fingerprint density at radius 1 is 0.301 bits per heavy atom. The summed E-state index contributed by atoms with van der Waals surface area (Å²) >= 11 is 0. The maximum absolute atomic E-state index is 13.1. The lowest BCUT2D eigenvalue weighted by Gasteiger charge is -2.21. The zero-order valence-corrected chi connectivity index (χ0v) is 62.2. The molecule has 0 spiro atoms. The summed E-state index contributed by atoms with van der Waals surface area (Å²) in [6.07, 6.45) is 56.0. The number of phosphoric ester groups is 2. The van der Waals surface area contributed by atoms with Crippen LogP contribution in [0.25, 0.3) is 0 Å². The number of unbranched alkanes of at least 4 members (excludes halogenated alkanes) is 45. The second-order valence-electron chi connectivity index (χ2n) is 26.9. The quantitative estimate of drug-likeness (QED) is 0.0222. The van der Waals surface area contributed by atoms with Crippen LogP contribution in [0.15, 0.2) is 0 Å². The number of rotatable bonds is 74. The van der Waals surface area contributed by atoms with Crippen molar-refractivity contribution in [3.63, 3.8) is 0 Å². The number of esters is 4. The lowest BCUT2D eigenvalue weighted by molar-refractivity contribution is -0.161. The summed E-state index contributed by atoms with van der Waals surface area (Å²) in [7, 11) is -9.90. The van der Waals surface area contributed by atoms with Crippen LogP contribution in [-0.4, -0.2) is 96.7 Å². The van der Waals surface area contributed by atoms with Crippen LogP contribution >= 0.6 is 15.6 Å². The van der Waals surface area contributed by atoms with E-state index in [1.807, 2.05) is 0 Å². The standard InChI is InChI=1S/C74H144O17P2/c1-6-10-13-16-18-20-22-24-26-27-28-29-30-31-32-33-35-37-39-44-49-54-59-73(78)91-70(64-85-72(77)58-53-48-43-38-36-34-25-23-21-19-17-14-11-7-2)66-89-93(82,83)87-62-68(75)61-86-92(80,81)88-65-69(63-84-71(76)57-52-46-15-12-8-3)90-74(79)60-55-50-45-41-40-42-47-51-56-67(5)9-4/h67-70,75H,6-66H2,1-5H3,(H,80,81)(H,82,83)/t67?,68-,69+,70+/m0/s1. The molecular formula is C74H144O17P2. The van der Waals surface area contributed by atoms with Gasteiger partial charge in [0.25, 0.3) is 0 Å². The van der Waals surface area contributed by atoms with Crippen molar-refractivity contribution in [2.45, 2.75) is 406 Å². The number of aliphatic hydroxyl groups excluding tert-OH is 1. The number of ether oxygens (including phenoxy) is 4. The summed E-state index contributed by atoms with van der Waals surface area (Å²) < 4.78 is 68.2. The van der Waals surface area contributed by atoms with Crippen LogP contribution in [0.4, 0.5) is 0 Å². The highest BCUT2D eigenvalue weighted by Crippen LogP contribution is 2.45. The molecule has 93 heavy (non-hydrogen) atoms. The lowest BCUT2D eigenvalue weighted by atomic mass is 9.99. The smallest absolute Gasteiger partial charge is 0.462 e. The minimum absolute atomic E-state index is 0.104. The molecule has 19 heteroatoms. The van der Waals surface area contributed by atoms with Gasteiger partial charge in [0.1, 0.15) is 19.3 Å². The average Bonchev–Trinajstić information content (AvgIpc) is 3.74. The van der Waals surface area contributed by atoms with Gasteiger partial charge in [-0.25, -0.2) is 9.13 Å². The third kappa shape index (κ3) is 67.0. The molecule has 0 heterocycles.